The van der Waals surface area contributed by atoms with Gasteiger partial charge in [0.15, 0.2) is 0 Å². The second-order valence-corrected chi connectivity index (χ2v) is 6.01. The summed E-state index contributed by atoms with van der Waals surface area (Å²) in [7, 11) is 0. The van der Waals surface area contributed by atoms with Crippen molar-refractivity contribution in [2.45, 2.75) is 30.2 Å². The van der Waals surface area contributed by atoms with Crippen LogP contribution in [-0.4, -0.2) is 47.4 Å². The van der Waals surface area contributed by atoms with Crippen molar-refractivity contribution in [1.82, 2.24) is 4.90 Å². The van der Waals surface area contributed by atoms with Gasteiger partial charge in [0.1, 0.15) is 5.82 Å². The van der Waals surface area contributed by atoms with Gasteiger partial charge in [0.2, 0.25) is 6.43 Å². The maximum absolute atomic E-state index is 13.4. The number of likely N-dealkylation sites (tertiary alicyclic amines) is 1. The van der Waals surface area contributed by atoms with Gasteiger partial charge in [-0.15, -0.1) is 11.8 Å². The molecule has 4 nitrogen and oxygen atoms in total. The molecule has 2 rings (SSSR count). The van der Waals surface area contributed by atoms with Crippen LogP contribution in [0, 0.1) is 5.82 Å². The highest BCUT2D eigenvalue weighted by molar-refractivity contribution is 7.99. The van der Waals surface area contributed by atoms with Crippen LogP contribution in [-0.2, 0) is 0 Å². The van der Waals surface area contributed by atoms with E-state index in [9.17, 15) is 23.1 Å². The van der Waals surface area contributed by atoms with Gasteiger partial charge in [-0.3, -0.25) is 0 Å². The Labute approximate surface area is 130 Å². The first-order valence-electron chi connectivity index (χ1n) is 6.90. The molecule has 1 aromatic rings. The predicted molar refractivity (Wildman–Crippen MR) is 79.0 cm³/mol. The van der Waals surface area contributed by atoms with Gasteiger partial charge >= 0.3 is 6.03 Å². The Bertz CT molecular complexity index is 531. The third kappa shape index (κ3) is 4.30. The lowest BCUT2D eigenvalue weighted by Gasteiger charge is -2.24. The normalized spacial score (nSPS) is 18.0. The number of amides is 2. The number of hydrogen-bond acceptors (Lipinski definition) is 3. The standard InChI is InChI=1S/C14H17F3N2O2S/c15-9-3-4-12(22-8-13(16)17)11(6-9)18-14(21)19-5-1-2-10(19)7-20/h3-4,6,10,13,20H,1-2,5,7-8H2,(H,18,21)/t10-/m0/s1. The molecule has 1 aliphatic rings. The number of nitrogens with zero attached hydrogens (tertiary/aromatic N) is 1. The number of benzene rings is 1. The van der Waals surface area contributed by atoms with E-state index in [-0.39, 0.29) is 18.3 Å². The molecule has 22 heavy (non-hydrogen) atoms. The highest BCUT2D eigenvalue weighted by Gasteiger charge is 2.28. The highest BCUT2D eigenvalue weighted by atomic mass is 32.2. The van der Waals surface area contributed by atoms with Crippen molar-refractivity contribution < 1.29 is 23.1 Å². The Morgan fingerprint density at radius 2 is 2.27 bits per heavy atom. The van der Waals surface area contributed by atoms with E-state index in [0.717, 1.165) is 30.3 Å². The van der Waals surface area contributed by atoms with Gasteiger partial charge in [0.25, 0.3) is 0 Å². The third-order valence-corrected chi connectivity index (χ3v) is 4.48. The van der Waals surface area contributed by atoms with E-state index in [1.165, 1.54) is 11.0 Å². The first kappa shape index (κ1) is 17.0. The van der Waals surface area contributed by atoms with Gasteiger partial charge in [0.05, 0.1) is 24.1 Å². The number of carbonyl (C=O) groups excluding carboxylic acids is 1. The van der Waals surface area contributed by atoms with Crippen molar-refractivity contribution in [1.29, 1.82) is 0 Å². The molecule has 0 spiro atoms. The van der Waals surface area contributed by atoms with Crippen LogP contribution in [0.25, 0.3) is 0 Å². The molecule has 1 aliphatic heterocycles. The molecule has 2 N–H and O–H groups in total. The van der Waals surface area contributed by atoms with E-state index in [4.69, 9.17) is 0 Å². The monoisotopic (exact) mass is 334 g/mol. The summed E-state index contributed by atoms with van der Waals surface area (Å²) in [4.78, 5) is 14.1. The molecule has 1 atom stereocenters. The van der Waals surface area contributed by atoms with Crippen molar-refractivity contribution in [3.05, 3.63) is 24.0 Å². The molecule has 1 heterocycles. The van der Waals surface area contributed by atoms with E-state index >= 15 is 0 Å². The molecule has 0 bridgehead atoms. The van der Waals surface area contributed by atoms with Gasteiger partial charge in [-0.2, -0.15) is 0 Å². The number of thioether (sulfide) groups is 1. The first-order chi connectivity index (χ1) is 10.5. The summed E-state index contributed by atoms with van der Waals surface area (Å²) < 4.78 is 38.0. The van der Waals surface area contributed by atoms with Crippen LogP contribution in [0.1, 0.15) is 12.8 Å². The zero-order valence-corrected chi connectivity index (χ0v) is 12.6. The van der Waals surface area contributed by atoms with Crippen molar-refractivity contribution in [2.24, 2.45) is 0 Å². The summed E-state index contributed by atoms with van der Waals surface area (Å²) in [6.45, 7) is 0.370. The lowest BCUT2D eigenvalue weighted by atomic mass is 10.2. The van der Waals surface area contributed by atoms with E-state index in [1.807, 2.05) is 0 Å². The molecular weight excluding hydrogens is 317 g/mol. The number of aliphatic hydroxyl groups excluding tert-OH is 1. The minimum Gasteiger partial charge on any atom is -0.394 e. The summed E-state index contributed by atoms with van der Waals surface area (Å²) in [5.41, 5.74) is 0.166. The Morgan fingerprint density at radius 1 is 1.50 bits per heavy atom. The van der Waals surface area contributed by atoms with Crippen molar-refractivity contribution in [3.8, 4) is 0 Å². The van der Waals surface area contributed by atoms with Crippen LogP contribution in [0.5, 0.6) is 0 Å². The molecule has 0 radical (unpaired) electrons. The van der Waals surface area contributed by atoms with Crippen LogP contribution < -0.4 is 5.32 Å². The molecule has 0 aromatic heterocycles. The van der Waals surface area contributed by atoms with Crippen LogP contribution in [0.15, 0.2) is 23.1 Å². The molecule has 2 amide bonds. The summed E-state index contributed by atoms with van der Waals surface area (Å²) in [5.74, 6) is -0.992. The van der Waals surface area contributed by atoms with E-state index in [1.54, 1.807) is 0 Å². The minimum atomic E-state index is -2.49. The summed E-state index contributed by atoms with van der Waals surface area (Å²) in [6.07, 6.45) is -0.995. The summed E-state index contributed by atoms with van der Waals surface area (Å²) in [5, 5.41) is 11.8. The number of aliphatic hydroxyl groups is 1. The molecule has 8 heteroatoms. The van der Waals surface area contributed by atoms with Gasteiger partial charge in [-0.05, 0) is 31.0 Å². The molecule has 0 unspecified atom stereocenters. The molecule has 1 fully saturated rings. The van der Waals surface area contributed by atoms with Gasteiger partial charge in [0, 0.05) is 11.4 Å². The minimum absolute atomic E-state index is 0.135. The number of hydrogen-bond donors (Lipinski definition) is 2. The maximum atomic E-state index is 13.4. The smallest absolute Gasteiger partial charge is 0.322 e. The summed E-state index contributed by atoms with van der Waals surface area (Å²) >= 11 is 0.856. The largest absolute Gasteiger partial charge is 0.394 e. The van der Waals surface area contributed by atoms with Crippen molar-refractivity contribution >= 4 is 23.5 Å². The number of halogens is 3. The van der Waals surface area contributed by atoms with E-state index in [0.29, 0.717) is 17.9 Å². The number of rotatable bonds is 5. The van der Waals surface area contributed by atoms with Crippen LogP contribution in [0.2, 0.25) is 0 Å². The third-order valence-electron chi connectivity index (χ3n) is 3.40. The average Bonchev–Trinajstić information content (AvgIpc) is 2.94. The molecule has 0 aliphatic carbocycles. The molecule has 122 valence electrons. The fraction of sp³-hybridized carbons (Fsp3) is 0.500. The van der Waals surface area contributed by atoms with Crippen molar-refractivity contribution in [2.75, 3.05) is 24.2 Å². The van der Waals surface area contributed by atoms with E-state index < -0.39 is 24.0 Å². The SMILES string of the molecule is O=C(Nc1cc(F)ccc1SCC(F)F)N1CCC[C@H]1CO. The molecular formula is C14H17F3N2O2S. The highest BCUT2D eigenvalue weighted by Crippen LogP contribution is 2.30. The molecule has 0 saturated carbocycles. The average molecular weight is 334 g/mol. The fourth-order valence-electron chi connectivity index (χ4n) is 2.36. The number of carbonyl (C=O) groups is 1. The maximum Gasteiger partial charge on any atom is 0.322 e. The topological polar surface area (TPSA) is 52.6 Å². The Morgan fingerprint density at radius 3 is 2.95 bits per heavy atom. The Hall–Kier alpha value is -1.41. The second kappa shape index (κ2) is 7.73. The van der Waals surface area contributed by atoms with Crippen molar-refractivity contribution in [3.63, 3.8) is 0 Å². The van der Waals surface area contributed by atoms with Crippen LogP contribution >= 0.6 is 11.8 Å². The Kier molecular flexibility index (Phi) is 5.96. The quantitative estimate of drug-likeness (QED) is 0.813. The zero-order chi connectivity index (χ0) is 16.1. The van der Waals surface area contributed by atoms with E-state index in [2.05, 4.69) is 5.32 Å². The lowest BCUT2D eigenvalue weighted by Crippen LogP contribution is -2.40. The number of anilines is 1. The summed E-state index contributed by atoms with van der Waals surface area (Å²) in [6, 6.07) is 2.92. The van der Waals surface area contributed by atoms with Gasteiger partial charge in [-0.1, -0.05) is 0 Å². The number of urea groups is 1. The number of nitrogens with one attached hydrogen (secondary N) is 1. The second-order valence-electron chi connectivity index (χ2n) is 4.94. The zero-order valence-electron chi connectivity index (χ0n) is 11.8. The van der Waals surface area contributed by atoms with Crippen LogP contribution in [0.4, 0.5) is 23.7 Å². The molecule has 1 aromatic carbocycles. The molecule has 1 saturated heterocycles. The fourth-order valence-corrected chi connectivity index (χ4v) is 3.09. The predicted octanol–water partition coefficient (Wildman–Crippen LogP) is 3.17. The lowest BCUT2D eigenvalue weighted by molar-refractivity contribution is 0.166. The first-order valence-corrected chi connectivity index (χ1v) is 7.88. The van der Waals surface area contributed by atoms with Crippen LogP contribution in [0.3, 0.4) is 0 Å². The Balaban J connectivity index is 2.10. The van der Waals surface area contributed by atoms with Gasteiger partial charge in [-0.25, -0.2) is 18.0 Å². The van der Waals surface area contributed by atoms with Gasteiger partial charge < -0.3 is 15.3 Å². The number of alkyl halides is 2.